The van der Waals surface area contributed by atoms with Crippen LogP contribution < -0.4 is 4.72 Å². The zero-order chi connectivity index (χ0) is 16.9. The molecule has 1 aromatic carbocycles. The van der Waals surface area contributed by atoms with E-state index >= 15 is 0 Å². The van der Waals surface area contributed by atoms with Crippen LogP contribution in [0, 0.1) is 0 Å². The van der Waals surface area contributed by atoms with E-state index in [0.717, 1.165) is 18.9 Å². The molecule has 7 nitrogen and oxygen atoms in total. The van der Waals surface area contributed by atoms with E-state index < -0.39 is 28.7 Å². The van der Waals surface area contributed by atoms with Gasteiger partial charge >= 0.3 is 11.9 Å². The van der Waals surface area contributed by atoms with Crippen molar-refractivity contribution >= 4 is 23.2 Å². The van der Waals surface area contributed by atoms with Gasteiger partial charge in [-0.25, -0.2) is 18.5 Å². The second-order valence-electron chi connectivity index (χ2n) is 5.20. The fraction of sp³-hybridized carbons (Fsp3) is 0.429. The normalized spacial score (nSPS) is 15.0. The first-order valence-corrected chi connectivity index (χ1v) is 7.81. The summed E-state index contributed by atoms with van der Waals surface area (Å²) in [4.78, 5) is 22.3. The van der Waals surface area contributed by atoms with E-state index in [4.69, 9.17) is 14.8 Å². The maximum absolute atomic E-state index is 11.2. The van der Waals surface area contributed by atoms with Crippen molar-refractivity contribution in [1.82, 2.24) is 4.72 Å². The number of benzene rings is 1. The molecule has 0 aliphatic heterocycles. The summed E-state index contributed by atoms with van der Waals surface area (Å²) in [6.45, 7) is 3.59. The Morgan fingerprint density at radius 2 is 1.68 bits per heavy atom. The molecule has 0 spiro atoms. The average Bonchev–Trinajstić information content (AvgIpc) is 2.43. The van der Waals surface area contributed by atoms with Gasteiger partial charge in [0.1, 0.15) is 0 Å². The Hall–Kier alpha value is -1.77. The van der Waals surface area contributed by atoms with Gasteiger partial charge in [-0.1, -0.05) is 19.8 Å². The molecule has 8 heteroatoms. The summed E-state index contributed by atoms with van der Waals surface area (Å²) in [5.41, 5.74) is -1.02. The summed E-state index contributed by atoms with van der Waals surface area (Å²) >= 11 is -2.32. The van der Waals surface area contributed by atoms with Crippen molar-refractivity contribution in [2.75, 3.05) is 0 Å². The molecule has 0 heterocycles. The van der Waals surface area contributed by atoms with Gasteiger partial charge in [-0.05, 0) is 37.1 Å². The van der Waals surface area contributed by atoms with Crippen molar-refractivity contribution in [3.8, 4) is 0 Å². The van der Waals surface area contributed by atoms with E-state index in [2.05, 4.69) is 4.72 Å². The van der Waals surface area contributed by atoms with Crippen LogP contribution in [0.3, 0.4) is 0 Å². The maximum Gasteiger partial charge on any atom is 0.335 e. The van der Waals surface area contributed by atoms with E-state index in [1.54, 1.807) is 6.92 Å². The van der Waals surface area contributed by atoms with Crippen molar-refractivity contribution in [3.05, 3.63) is 34.9 Å². The smallest absolute Gasteiger partial charge is 0.335 e. The van der Waals surface area contributed by atoms with Crippen molar-refractivity contribution < 1.29 is 28.6 Å². The lowest BCUT2D eigenvalue weighted by Gasteiger charge is -2.30. The Balaban J connectivity index is 3.42. The number of nitrogens with one attached hydrogen (secondary N) is 1. The third-order valence-electron chi connectivity index (χ3n) is 3.41. The monoisotopic (exact) mass is 329 g/mol. The predicted molar refractivity (Wildman–Crippen MR) is 81.1 cm³/mol. The first-order valence-electron chi connectivity index (χ1n) is 6.70. The van der Waals surface area contributed by atoms with Gasteiger partial charge in [0.2, 0.25) is 11.3 Å². The predicted octanol–water partition coefficient (Wildman–Crippen LogP) is 2.21. The fourth-order valence-corrected chi connectivity index (χ4v) is 2.78. The van der Waals surface area contributed by atoms with Gasteiger partial charge in [0.05, 0.1) is 16.7 Å². The lowest BCUT2D eigenvalue weighted by atomic mass is 9.86. The molecule has 0 saturated carbocycles. The topological polar surface area (TPSA) is 124 Å². The number of aromatic carboxylic acids is 2. The average molecular weight is 329 g/mol. The molecule has 0 fully saturated rings. The number of carbonyl (C=O) groups is 2. The Morgan fingerprint density at radius 1 is 1.18 bits per heavy atom. The summed E-state index contributed by atoms with van der Waals surface area (Å²) in [7, 11) is 0. The van der Waals surface area contributed by atoms with Crippen molar-refractivity contribution in [1.29, 1.82) is 0 Å². The highest BCUT2D eigenvalue weighted by molar-refractivity contribution is 7.77. The molecular formula is C14H19NO6S. The van der Waals surface area contributed by atoms with Crippen LogP contribution in [0.2, 0.25) is 0 Å². The van der Waals surface area contributed by atoms with Gasteiger partial charge in [-0.15, -0.1) is 0 Å². The zero-order valence-corrected chi connectivity index (χ0v) is 13.1. The quantitative estimate of drug-likeness (QED) is 0.542. The highest BCUT2D eigenvalue weighted by Crippen LogP contribution is 2.29. The van der Waals surface area contributed by atoms with Crippen LogP contribution in [0.5, 0.6) is 0 Å². The van der Waals surface area contributed by atoms with Crippen LogP contribution in [-0.4, -0.2) is 30.9 Å². The minimum absolute atomic E-state index is 0.178. The van der Waals surface area contributed by atoms with E-state index in [0.29, 0.717) is 12.0 Å². The molecule has 0 bridgehead atoms. The molecular weight excluding hydrogens is 310 g/mol. The third-order valence-corrected chi connectivity index (χ3v) is 4.03. The number of carboxylic acid groups (broad SMARTS) is 2. The Bertz CT molecular complexity index is 571. The number of hydrogen-bond donors (Lipinski definition) is 4. The fourth-order valence-electron chi connectivity index (χ4n) is 2.17. The molecule has 0 amide bonds. The van der Waals surface area contributed by atoms with Crippen LogP contribution in [0.1, 0.15) is 59.4 Å². The highest BCUT2D eigenvalue weighted by Gasteiger charge is 2.29. The largest absolute Gasteiger partial charge is 0.478 e. The summed E-state index contributed by atoms with van der Waals surface area (Å²) in [6.07, 6.45) is 2.01. The van der Waals surface area contributed by atoms with Crippen molar-refractivity contribution in [2.24, 2.45) is 0 Å². The van der Waals surface area contributed by atoms with Crippen LogP contribution in [0.25, 0.3) is 0 Å². The minimum atomic E-state index is -2.32. The molecule has 0 radical (unpaired) electrons. The molecule has 122 valence electrons. The zero-order valence-electron chi connectivity index (χ0n) is 12.3. The van der Waals surface area contributed by atoms with Gasteiger partial charge in [0, 0.05) is 0 Å². The molecule has 0 aromatic heterocycles. The number of hydrogen-bond acceptors (Lipinski definition) is 3. The standard InChI is InChI=1S/C14H19NO6S/c1-3-4-5-14(2,15-22(20)21)11-7-9(12(16)17)6-10(8-11)13(18)19/h6-8,15H,3-5H2,1-2H3,(H,16,17)(H,18,19)(H,20,21). The second-order valence-corrected chi connectivity index (χ2v) is 5.90. The number of rotatable bonds is 8. The molecule has 4 N–H and O–H groups in total. The lowest BCUT2D eigenvalue weighted by molar-refractivity contribution is 0.0696. The first kappa shape index (κ1) is 18.3. The Labute approximate surface area is 130 Å². The molecule has 0 aliphatic rings. The number of unbranched alkanes of at least 4 members (excludes halogenated alkanes) is 1. The van der Waals surface area contributed by atoms with E-state index in [1.165, 1.54) is 12.1 Å². The molecule has 1 aromatic rings. The van der Waals surface area contributed by atoms with Gasteiger partial charge < -0.3 is 10.2 Å². The van der Waals surface area contributed by atoms with Gasteiger partial charge in [0.25, 0.3) is 0 Å². The van der Waals surface area contributed by atoms with Gasteiger partial charge in [-0.2, -0.15) is 0 Å². The van der Waals surface area contributed by atoms with Gasteiger partial charge in [-0.3, -0.25) is 4.55 Å². The third kappa shape index (κ3) is 4.62. The molecule has 1 rings (SSSR count). The second kappa shape index (κ2) is 7.48. The van der Waals surface area contributed by atoms with Crippen molar-refractivity contribution in [2.45, 2.75) is 38.6 Å². The van der Waals surface area contributed by atoms with Gasteiger partial charge in [0.15, 0.2) is 0 Å². The first-order chi connectivity index (χ1) is 10.2. The molecule has 0 aliphatic carbocycles. The SMILES string of the molecule is CCCCC(C)(NS(=O)O)c1cc(C(=O)O)cc(C(=O)O)c1. The van der Waals surface area contributed by atoms with E-state index in [9.17, 15) is 13.8 Å². The summed E-state index contributed by atoms with van der Waals surface area (Å²) in [5, 5.41) is 18.2. The van der Waals surface area contributed by atoms with Crippen LogP contribution in [-0.2, 0) is 16.8 Å². The van der Waals surface area contributed by atoms with E-state index in [-0.39, 0.29) is 11.1 Å². The summed E-state index contributed by atoms with van der Waals surface area (Å²) < 4.78 is 22.8. The van der Waals surface area contributed by atoms with E-state index in [1.807, 2.05) is 6.92 Å². The molecule has 0 saturated heterocycles. The molecule has 2 unspecified atom stereocenters. The minimum Gasteiger partial charge on any atom is -0.478 e. The summed E-state index contributed by atoms with van der Waals surface area (Å²) in [6, 6.07) is 3.71. The van der Waals surface area contributed by atoms with Crippen LogP contribution in [0.15, 0.2) is 18.2 Å². The van der Waals surface area contributed by atoms with Crippen LogP contribution in [0.4, 0.5) is 0 Å². The Morgan fingerprint density at radius 3 is 2.05 bits per heavy atom. The molecule has 22 heavy (non-hydrogen) atoms. The number of carboxylic acids is 2. The lowest BCUT2D eigenvalue weighted by Crippen LogP contribution is -2.40. The summed E-state index contributed by atoms with van der Waals surface area (Å²) in [5.74, 6) is -2.51. The maximum atomic E-state index is 11.2. The van der Waals surface area contributed by atoms with Crippen molar-refractivity contribution in [3.63, 3.8) is 0 Å². The highest BCUT2D eigenvalue weighted by atomic mass is 32.2. The molecule has 2 atom stereocenters. The van der Waals surface area contributed by atoms with Crippen LogP contribution >= 0.6 is 0 Å². The Kier molecular flexibility index (Phi) is 6.21.